The molecule has 0 saturated carbocycles. The summed E-state index contributed by atoms with van der Waals surface area (Å²) in [6.07, 6.45) is 5.39. The summed E-state index contributed by atoms with van der Waals surface area (Å²) in [5, 5.41) is 0. The van der Waals surface area contributed by atoms with E-state index < -0.39 is 0 Å². The number of allylic oxidation sites excluding steroid dienone is 3. The van der Waals surface area contributed by atoms with E-state index in [9.17, 15) is 0 Å². The molecule has 0 aliphatic carbocycles. The van der Waals surface area contributed by atoms with E-state index in [1.54, 1.807) is 0 Å². The van der Waals surface area contributed by atoms with E-state index in [1.165, 1.54) is 5.57 Å². The second-order valence-electron chi connectivity index (χ2n) is 2.55. The maximum Gasteiger partial charge on any atom is -0.0203 e. The van der Waals surface area contributed by atoms with Gasteiger partial charge in [0.05, 0.1) is 0 Å². The number of hydrogen-bond donors (Lipinski definition) is 0. The first-order valence-electron chi connectivity index (χ1n) is 3.45. The van der Waals surface area contributed by atoms with Crippen LogP contribution in [0.25, 0.3) is 0 Å². The van der Waals surface area contributed by atoms with Crippen LogP contribution in [-0.4, -0.2) is 0 Å². The van der Waals surface area contributed by atoms with Gasteiger partial charge in [0.25, 0.3) is 0 Å². The van der Waals surface area contributed by atoms with Gasteiger partial charge in [-0.05, 0) is 26.2 Å². The lowest BCUT2D eigenvalue weighted by atomic mass is 10.0. The fraction of sp³-hybridized carbons (Fsp3) is 0.556. The van der Waals surface area contributed by atoms with E-state index >= 15 is 0 Å². The minimum absolute atomic E-state index is 0.640. The summed E-state index contributed by atoms with van der Waals surface area (Å²) in [6, 6.07) is 0. The molecule has 0 radical (unpaired) electrons. The predicted molar refractivity (Wildman–Crippen MR) is 43.4 cm³/mol. The topological polar surface area (TPSA) is 0 Å². The Labute approximate surface area is 58.3 Å². The molecule has 9 heavy (non-hydrogen) atoms. The summed E-state index contributed by atoms with van der Waals surface area (Å²) in [6.45, 7) is 10.2. The molecule has 0 N–H and O–H groups in total. The molecule has 0 heterocycles. The van der Waals surface area contributed by atoms with Crippen LogP contribution in [0.4, 0.5) is 0 Å². The first-order valence-corrected chi connectivity index (χ1v) is 3.45. The molecule has 52 valence electrons. The summed E-state index contributed by atoms with van der Waals surface area (Å²) >= 11 is 0. The Morgan fingerprint density at radius 1 is 1.67 bits per heavy atom. The smallest absolute Gasteiger partial charge is 0.0203 e. The Morgan fingerprint density at radius 3 is 2.56 bits per heavy atom. The van der Waals surface area contributed by atoms with E-state index in [1.807, 2.05) is 6.92 Å². The number of hydrogen-bond acceptors (Lipinski definition) is 0. The van der Waals surface area contributed by atoms with Gasteiger partial charge in [-0.1, -0.05) is 31.2 Å². The van der Waals surface area contributed by atoms with Crippen molar-refractivity contribution in [1.82, 2.24) is 0 Å². The van der Waals surface area contributed by atoms with Gasteiger partial charge < -0.3 is 0 Å². The third-order valence-corrected chi connectivity index (χ3v) is 1.57. The summed E-state index contributed by atoms with van der Waals surface area (Å²) in [5.74, 6) is 0.640. The standard InChI is InChI=1S/C9H16/c1-5-6-7-9(4)8(2)3/h5-6,9H,2,7H2,1,3-4H3/b6-5-. The summed E-state index contributed by atoms with van der Waals surface area (Å²) < 4.78 is 0. The normalized spacial score (nSPS) is 14.1. The summed E-state index contributed by atoms with van der Waals surface area (Å²) in [7, 11) is 0. The highest BCUT2D eigenvalue weighted by Crippen LogP contribution is 2.11. The zero-order valence-electron chi connectivity index (χ0n) is 6.65. The molecule has 0 amide bonds. The Bertz CT molecular complexity index is 109. The molecule has 0 fully saturated rings. The highest BCUT2D eigenvalue weighted by Gasteiger charge is 1.96. The van der Waals surface area contributed by atoms with Crippen molar-refractivity contribution in [3.63, 3.8) is 0 Å². The minimum atomic E-state index is 0.640. The quantitative estimate of drug-likeness (QED) is 0.507. The molecule has 1 unspecified atom stereocenters. The highest BCUT2D eigenvalue weighted by molar-refractivity contribution is 4.97. The Hall–Kier alpha value is -0.520. The lowest BCUT2D eigenvalue weighted by Gasteiger charge is -2.05. The molecule has 0 spiro atoms. The average molecular weight is 124 g/mol. The van der Waals surface area contributed by atoms with E-state index in [4.69, 9.17) is 0 Å². The van der Waals surface area contributed by atoms with Crippen molar-refractivity contribution in [2.45, 2.75) is 27.2 Å². The molecule has 0 rings (SSSR count). The van der Waals surface area contributed by atoms with Crippen molar-refractivity contribution in [1.29, 1.82) is 0 Å². The molecule has 0 aliphatic heterocycles. The van der Waals surface area contributed by atoms with Gasteiger partial charge in [-0.3, -0.25) is 0 Å². The molecule has 0 saturated heterocycles. The maximum atomic E-state index is 3.87. The second kappa shape index (κ2) is 4.37. The van der Waals surface area contributed by atoms with Crippen LogP contribution in [0.5, 0.6) is 0 Å². The first kappa shape index (κ1) is 8.48. The lowest BCUT2D eigenvalue weighted by molar-refractivity contribution is 0.697. The molecule has 0 aromatic carbocycles. The molecule has 0 nitrogen and oxygen atoms in total. The highest BCUT2D eigenvalue weighted by atomic mass is 14.0. The van der Waals surface area contributed by atoms with Gasteiger partial charge in [-0.25, -0.2) is 0 Å². The third-order valence-electron chi connectivity index (χ3n) is 1.57. The average Bonchev–Trinajstić information content (AvgIpc) is 1.82. The third kappa shape index (κ3) is 4.01. The van der Waals surface area contributed by atoms with Crippen LogP contribution < -0.4 is 0 Å². The molecule has 0 bridgehead atoms. The van der Waals surface area contributed by atoms with Gasteiger partial charge in [-0.15, -0.1) is 0 Å². The van der Waals surface area contributed by atoms with E-state index in [2.05, 4.69) is 32.6 Å². The van der Waals surface area contributed by atoms with Crippen molar-refractivity contribution in [2.24, 2.45) is 5.92 Å². The SMILES string of the molecule is C=C(C)C(C)C/C=C\C. The van der Waals surface area contributed by atoms with Gasteiger partial charge in [0, 0.05) is 0 Å². The van der Waals surface area contributed by atoms with E-state index in [0.717, 1.165) is 6.42 Å². The fourth-order valence-electron chi connectivity index (χ4n) is 0.541. The van der Waals surface area contributed by atoms with Crippen molar-refractivity contribution in [2.75, 3.05) is 0 Å². The second-order valence-corrected chi connectivity index (χ2v) is 2.55. The van der Waals surface area contributed by atoms with Crippen molar-refractivity contribution >= 4 is 0 Å². The predicted octanol–water partition coefficient (Wildman–Crippen LogP) is 3.16. The lowest BCUT2D eigenvalue weighted by Crippen LogP contribution is -1.91. The van der Waals surface area contributed by atoms with Gasteiger partial charge in [0.15, 0.2) is 0 Å². The van der Waals surface area contributed by atoms with Crippen LogP contribution in [0.3, 0.4) is 0 Å². The summed E-state index contributed by atoms with van der Waals surface area (Å²) in [5.41, 5.74) is 1.27. The van der Waals surface area contributed by atoms with Crippen LogP contribution in [-0.2, 0) is 0 Å². The molecule has 1 atom stereocenters. The van der Waals surface area contributed by atoms with Crippen LogP contribution in [0.1, 0.15) is 27.2 Å². The molecular weight excluding hydrogens is 108 g/mol. The first-order chi connectivity index (χ1) is 4.18. The van der Waals surface area contributed by atoms with Gasteiger partial charge in [0.2, 0.25) is 0 Å². The zero-order valence-corrected chi connectivity index (χ0v) is 6.65. The van der Waals surface area contributed by atoms with Gasteiger partial charge >= 0.3 is 0 Å². The van der Waals surface area contributed by atoms with E-state index in [0.29, 0.717) is 5.92 Å². The van der Waals surface area contributed by atoms with Crippen molar-refractivity contribution in [3.05, 3.63) is 24.3 Å². The number of rotatable bonds is 3. The van der Waals surface area contributed by atoms with Crippen LogP contribution >= 0.6 is 0 Å². The zero-order chi connectivity index (χ0) is 7.28. The molecule has 0 aromatic rings. The van der Waals surface area contributed by atoms with Crippen LogP contribution in [0.2, 0.25) is 0 Å². The van der Waals surface area contributed by atoms with Gasteiger partial charge in [-0.2, -0.15) is 0 Å². The molecular formula is C9H16. The molecule has 0 heteroatoms. The Balaban J connectivity index is 3.50. The monoisotopic (exact) mass is 124 g/mol. The molecule has 0 aromatic heterocycles. The Morgan fingerprint density at radius 2 is 2.22 bits per heavy atom. The van der Waals surface area contributed by atoms with Crippen LogP contribution in [0, 0.1) is 5.92 Å². The van der Waals surface area contributed by atoms with Gasteiger partial charge in [0.1, 0.15) is 0 Å². The minimum Gasteiger partial charge on any atom is -0.0999 e. The van der Waals surface area contributed by atoms with Crippen molar-refractivity contribution < 1.29 is 0 Å². The summed E-state index contributed by atoms with van der Waals surface area (Å²) in [4.78, 5) is 0. The largest absolute Gasteiger partial charge is 0.0999 e. The maximum absolute atomic E-state index is 3.87. The van der Waals surface area contributed by atoms with Crippen LogP contribution in [0.15, 0.2) is 24.3 Å². The van der Waals surface area contributed by atoms with E-state index in [-0.39, 0.29) is 0 Å². The Kier molecular flexibility index (Phi) is 4.12. The van der Waals surface area contributed by atoms with Crippen molar-refractivity contribution in [3.8, 4) is 0 Å². The molecule has 0 aliphatic rings. The fourth-order valence-corrected chi connectivity index (χ4v) is 0.541.